The number of hydrogen-bond donors (Lipinski definition) is 0. The van der Waals surface area contributed by atoms with Crippen molar-refractivity contribution in [1.29, 1.82) is 0 Å². The SMILES string of the molecule is CC(C)N=C1C([O-])=N[N+](C)(C)N1C(C)C. The Morgan fingerprint density at radius 2 is 1.80 bits per heavy atom. The quantitative estimate of drug-likeness (QED) is 0.613. The molecule has 0 aromatic heterocycles. The highest BCUT2D eigenvalue weighted by atomic mass is 16.3. The van der Waals surface area contributed by atoms with Crippen LogP contribution in [0.3, 0.4) is 0 Å². The fourth-order valence-corrected chi connectivity index (χ4v) is 1.81. The maximum Gasteiger partial charge on any atom is 0.192 e. The van der Waals surface area contributed by atoms with Gasteiger partial charge in [0.25, 0.3) is 0 Å². The Balaban J connectivity index is 3.11. The molecule has 0 aromatic carbocycles. The van der Waals surface area contributed by atoms with Gasteiger partial charge in [0, 0.05) is 6.04 Å². The zero-order chi connectivity index (χ0) is 11.8. The van der Waals surface area contributed by atoms with E-state index < -0.39 is 0 Å². The van der Waals surface area contributed by atoms with E-state index in [4.69, 9.17) is 0 Å². The summed E-state index contributed by atoms with van der Waals surface area (Å²) < 4.78 is 0.210. The summed E-state index contributed by atoms with van der Waals surface area (Å²) in [5.74, 6) is 0.257. The predicted molar refractivity (Wildman–Crippen MR) is 59.1 cm³/mol. The number of hydrogen-bond acceptors (Lipinski definition) is 3. The van der Waals surface area contributed by atoms with Gasteiger partial charge in [0.05, 0.1) is 11.9 Å². The van der Waals surface area contributed by atoms with Crippen LogP contribution in [0.2, 0.25) is 0 Å². The Labute approximate surface area is 91.3 Å². The van der Waals surface area contributed by atoms with Crippen molar-refractivity contribution in [2.75, 3.05) is 14.1 Å². The smallest absolute Gasteiger partial charge is 0.192 e. The monoisotopic (exact) mass is 212 g/mol. The summed E-state index contributed by atoms with van der Waals surface area (Å²) in [6.07, 6.45) is 0. The van der Waals surface area contributed by atoms with Crippen LogP contribution in [0, 0.1) is 0 Å². The Bertz CT molecular complexity index is 305. The van der Waals surface area contributed by atoms with E-state index in [9.17, 15) is 5.11 Å². The van der Waals surface area contributed by atoms with Crippen LogP contribution < -0.4 is 5.11 Å². The lowest BCUT2D eigenvalue weighted by Gasteiger charge is -2.33. The maximum atomic E-state index is 11.7. The van der Waals surface area contributed by atoms with Gasteiger partial charge in [-0.05, 0) is 27.7 Å². The molecule has 0 atom stereocenters. The molecule has 1 rings (SSSR count). The lowest BCUT2D eigenvalue weighted by molar-refractivity contribution is -0.994. The molecular weight excluding hydrogens is 192 g/mol. The summed E-state index contributed by atoms with van der Waals surface area (Å²) in [5.41, 5.74) is 0. The molecule has 0 aromatic rings. The molecule has 0 saturated carbocycles. The zero-order valence-corrected chi connectivity index (χ0v) is 10.4. The van der Waals surface area contributed by atoms with Gasteiger partial charge in [-0.15, -0.1) is 4.70 Å². The summed E-state index contributed by atoms with van der Waals surface area (Å²) >= 11 is 0. The third kappa shape index (κ3) is 2.28. The fourth-order valence-electron chi connectivity index (χ4n) is 1.81. The van der Waals surface area contributed by atoms with E-state index in [1.165, 1.54) is 0 Å². The summed E-state index contributed by atoms with van der Waals surface area (Å²) in [6.45, 7) is 7.97. The first kappa shape index (κ1) is 12.0. The van der Waals surface area contributed by atoms with E-state index >= 15 is 0 Å². The molecule has 0 aliphatic carbocycles. The van der Waals surface area contributed by atoms with Crippen LogP contribution in [-0.2, 0) is 0 Å². The molecule has 1 aliphatic heterocycles. The average molecular weight is 212 g/mol. The van der Waals surface area contributed by atoms with Gasteiger partial charge < -0.3 is 5.11 Å². The normalized spacial score (nSPS) is 23.1. The second-order valence-corrected chi connectivity index (χ2v) is 4.73. The first-order valence-electron chi connectivity index (χ1n) is 5.25. The molecule has 15 heavy (non-hydrogen) atoms. The number of nitrogens with zero attached hydrogens (tertiary/aromatic N) is 4. The molecule has 0 unspecified atom stereocenters. The van der Waals surface area contributed by atoms with Crippen molar-refractivity contribution in [3.63, 3.8) is 0 Å². The second kappa shape index (κ2) is 3.81. The Kier molecular flexibility index (Phi) is 3.04. The molecule has 0 radical (unpaired) electrons. The van der Waals surface area contributed by atoms with Crippen LogP contribution in [-0.4, -0.2) is 47.6 Å². The van der Waals surface area contributed by atoms with Crippen molar-refractivity contribution in [1.82, 2.24) is 5.01 Å². The largest absolute Gasteiger partial charge is 0.852 e. The van der Waals surface area contributed by atoms with Crippen LogP contribution >= 0.6 is 0 Å². The minimum atomic E-state index is -0.220. The van der Waals surface area contributed by atoms with E-state index in [0.717, 1.165) is 0 Å². The predicted octanol–water partition coefficient (Wildman–Crippen LogP) is 0.183. The Morgan fingerprint density at radius 3 is 2.20 bits per heavy atom. The van der Waals surface area contributed by atoms with E-state index in [1.807, 2.05) is 46.8 Å². The molecule has 1 aliphatic rings. The third-order valence-electron chi connectivity index (χ3n) is 2.14. The molecule has 0 amide bonds. The molecule has 5 heteroatoms. The molecule has 0 N–H and O–H groups in total. The maximum absolute atomic E-state index is 11.7. The topological polar surface area (TPSA) is 51.0 Å². The average Bonchev–Trinajstić information content (AvgIpc) is 2.19. The van der Waals surface area contributed by atoms with E-state index in [0.29, 0.717) is 5.84 Å². The van der Waals surface area contributed by atoms with Crippen molar-refractivity contribution < 1.29 is 9.81 Å². The zero-order valence-electron chi connectivity index (χ0n) is 10.4. The Morgan fingerprint density at radius 1 is 1.27 bits per heavy atom. The summed E-state index contributed by atoms with van der Waals surface area (Å²) in [7, 11) is 3.75. The van der Waals surface area contributed by atoms with Gasteiger partial charge >= 0.3 is 0 Å². The van der Waals surface area contributed by atoms with Crippen LogP contribution in [0.5, 0.6) is 0 Å². The molecule has 0 spiro atoms. The minimum absolute atomic E-state index is 0.110. The van der Waals surface area contributed by atoms with Crippen LogP contribution in [0.15, 0.2) is 10.1 Å². The lowest BCUT2D eigenvalue weighted by Crippen LogP contribution is -2.54. The van der Waals surface area contributed by atoms with Crippen molar-refractivity contribution in [2.24, 2.45) is 10.1 Å². The van der Waals surface area contributed by atoms with Crippen LogP contribution in [0.1, 0.15) is 27.7 Å². The highest BCUT2D eigenvalue weighted by Gasteiger charge is 2.38. The van der Waals surface area contributed by atoms with Crippen molar-refractivity contribution >= 4 is 11.7 Å². The summed E-state index contributed by atoms with van der Waals surface area (Å²) in [4.78, 5) is 4.34. The Hall–Kier alpha value is -1.10. The molecule has 0 fully saturated rings. The fraction of sp³-hybridized carbons (Fsp3) is 0.800. The molecule has 5 nitrogen and oxygen atoms in total. The van der Waals surface area contributed by atoms with Crippen molar-refractivity contribution in [3.8, 4) is 0 Å². The van der Waals surface area contributed by atoms with Crippen LogP contribution in [0.4, 0.5) is 0 Å². The molecule has 0 saturated heterocycles. The summed E-state index contributed by atoms with van der Waals surface area (Å²) in [5, 5.41) is 17.7. The number of amidine groups is 1. The van der Waals surface area contributed by atoms with Crippen molar-refractivity contribution in [3.05, 3.63) is 0 Å². The number of rotatable bonds is 2. The second-order valence-electron chi connectivity index (χ2n) is 4.73. The molecule has 0 bridgehead atoms. The van der Waals surface area contributed by atoms with E-state index in [2.05, 4.69) is 10.1 Å². The highest BCUT2D eigenvalue weighted by molar-refractivity contribution is 6.36. The standard InChI is InChI=1S/C10H20N4O/c1-7(2)11-9-10(15)12-14(5,6)13(9)8(3)4/h7-8H,1-6H3. The van der Waals surface area contributed by atoms with Gasteiger partial charge in [0.15, 0.2) is 5.84 Å². The summed E-state index contributed by atoms with van der Waals surface area (Å²) in [6, 6.07) is 0.311. The van der Waals surface area contributed by atoms with Crippen LogP contribution in [0.25, 0.3) is 0 Å². The molecular formula is C10H20N4O. The number of quaternary nitrogens is 1. The van der Waals surface area contributed by atoms with Gasteiger partial charge in [-0.2, -0.15) is 5.01 Å². The van der Waals surface area contributed by atoms with E-state index in [-0.39, 0.29) is 22.7 Å². The van der Waals surface area contributed by atoms with Gasteiger partial charge in [0.2, 0.25) is 0 Å². The van der Waals surface area contributed by atoms with Gasteiger partial charge in [-0.3, -0.25) is 4.99 Å². The van der Waals surface area contributed by atoms with Gasteiger partial charge in [0.1, 0.15) is 14.1 Å². The highest BCUT2D eigenvalue weighted by Crippen LogP contribution is 2.19. The number of aliphatic imine (C=N–C) groups is 1. The van der Waals surface area contributed by atoms with Gasteiger partial charge in [-0.25, -0.2) is 0 Å². The minimum Gasteiger partial charge on any atom is -0.852 e. The van der Waals surface area contributed by atoms with Gasteiger partial charge in [-0.1, -0.05) is 5.10 Å². The third-order valence-corrected chi connectivity index (χ3v) is 2.14. The lowest BCUT2D eigenvalue weighted by atomic mass is 10.3. The molecule has 86 valence electrons. The first-order valence-corrected chi connectivity index (χ1v) is 5.25. The van der Waals surface area contributed by atoms with Crippen molar-refractivity contribution in [2.45, 2.75) is 39.8 Å². The van der Waals surface area contributed by atoms with E-state index in [1.54, 1.807) is 0 Å². The first-order chi connectivity index (χ1) is 6.75. The molecule has 1 heterocycles.